The van der Waals surface area contributed by atoms with Crippen LogP contribution in [0.1, 0.15) is 11.9 Å². The van der Waals surface area contributed by atoms with E-state index in [9.17, 15) is 10.2 Å². The summed E-state index contributed by atoms with van der Waals surface area (Å²) in [5.41, 5.74) is 11.8. The highest BCUT2D eigenvalue weighted by atomic mass is 16.6. The molecule has 1 fully saturated rings. The second kappa shape index (κ2) is 4.52. The third kappa shape index (κ3) is 1.86. The van der Waals surface area contributed by atoms with Crippen LogP contribution < -0.4 is 11.5 Å². The van der Waals surface area contributed by atoms with E-state index in [4.69, 9.17) is 21.3 Å². The van der Waals surface area contributed by atoms with E-state index in [-0.39, 0.29) is 23.2 Å². The van der Waals surface area contributed by atoms with Crippen molar-refractivity contribution in [2.45, 2.75) is 24.4 Å². The number of fused-ring (bicyclic) bond motifs is 1. The van der Waals surface area contributed by atoms with Crippen LogP contribution in [0.5, 0.6) is 0 Å². The number of aromatic amines is 1. The van der Waals surface area contributed by atoms with E-state index >= 15 is 0 Å². The molecule has 20 heavy (non-hydrogen) atoms. The van der Waals surface area contributed by atoms with Gasteiger partial charge in [0.1, 0.15) is 35.8 Å². The molecule has 10 heteroatoms. The molecule has 3 rings (SSSR count). The molecule has 8 N–H and O–H groups in total. The van der Waals surface area contributed by atoms with Crippen molar-refractivity contribution in [3.8, 4) is 0 Å². The van der Waals surface area contributed by atoms with Crippen LogP contribution in [-0.2, 0) is 4.74 Å². The Hall–Kier alpha value is -2.01. The van der Waals surface area contributed by atoms with E-state index in [2.05, 4.69) is 19.9 Å². The molecule has 1 aliphatic rings. The first-order chi connectivity index (χ1) is 9.51. The summed E-state index contributed by atoms with van der Waals surface area (Å²) in [6.45, 7) is -0.413. The van der Waals surface area contributed by atoms with Gasteiger partial charge in [-0.2, -0.15) is 9.97 Å². The number of hydrogen-bond donors (Lipinski definition) is 6. The van der Waals surface area contributed by atoms with Crippen molar-refractivity contribution in [2.24, 2.45) is 0 Å². The van der Waals surface area contributed by atoms with Crippen molar-refractivity contribution in [3.05, 3.63) is 5.82 Å². The monoisotopic (exact) mass is 282 g/mol. The van der Waals surface area contributed by atoms with E-state index in [0.29, 0.717) is 5.52 Å². The number of nitrogens with two attached hydrogens (primary N) is 2. The smallest absolute Gasteiger partial charge is 0.224 e. The number of H-pyrrole nitrogens is 1. The van der Waals surface area contributed by atoms with Gasteiger partial charge in [0.15, 0.2) is 11.5 Å². The van der Waals surface area contributed by atoms with Crippen LogP contribution in [-0.4, -0.2) is 60.2 Å². The minimum absolute atomic E-state index is 0.0193. The topological polar surface area (TPSA) is 176 Å². The van der Waals surface area contributed by atoms with E-state index in [0.717, 1.165) is 0 Å². The predicted molar refractivity (Wildman–Crippen MR) is 67.2 cm³/mol. The number of aliphatic hydroxyl groups excluding tert-OH is 3. The number of aliphatic hydroxyl groups is 3. The largest absolute Gasteiger partial charge is 0.394 e. The van der Waals surface area contributed by atoms with Gasteiger partial charge in [-0.25, -0.2) is 4.98 Å². The van der Waals surface area contributed by atoms with Crippen LogP contribution in [0.25, 0.3) is 11.2 Å². The first-order valence-electron chi connectivity index (χ1n) is 5.92. The van der Waals surface area contributed by atoms with Gasteiger partial charge in [-0.1, -0.05) is 0 Å². The Labute approximate surface area is 112 Å². The van der Waals surface area contributed by atoms with Crippen LogP contribution in [0.3, 0.4) is 0 Å². The highest BCUT2D eigenvalue weighted by Crippen LogP contribution is 2.33. The second-order valence-electron chi connectivity index (χ2n) is 4.55. The fraction of sp³-hybridized carbons (Fsp3) is 0.500. The maximum atomic E-state index is 9.92. The van der Waals surface area contributed by atoms with Gasteiger partial charge in [-0.15, -0.1) is 0 Å². The molecule has 0 unspecified atom stereocenters. The summed E-state index contributed by atoms with van der Waals surface area (Å²) in [6.07, 6.45) is -4.22. The van der Waals surface area contributed by atoms with Crippen LogP contribution in [0, 0.1) is 0 Å². The van der Waals surface area contributed by atoms with E-state index in [1.165, 1.54) is 0 Å². The standard InChI is InChI=1S/C10H14N6O4/c11-7-3-8(16-10(12)14-7)15-9(13-3)6-5(19)4(18)2(1-17)20-6/h2,4-6,17-19H,1H2,(H5,11,12,13,14,15,16)/t2-,4-,5-,6-/m1/s1. The molecular weight excluding hydrogens is 268 g/mol. The number of nitrogens with zero attached hydrogens (tertiary/aromatic N) is 3. The maximum absolute atomic E-state index is 9.92. The molecular formula is C10H14N6O4. The molecule has 0 aliphatic carbocycles. The lowest BCUT2D eigenvalue weighted by molar-refractivity contribution is -0.0249. The minimum atomic E-state index is -1.22. The normalized spacial score (nSPS) is 30.1. The molecule has 1 saturated heterocycles. The molecule has 0 amide bonds. The van der Waals surface area contributed by atoms with Crippen molar-refractivity contribution in [3.63, 3.8) is 0 Å². The Morgan fingerprint density at radius 1 is 1.15 bits per heavy atom. The van der Waals surface area contributed by atoms with Crippen LogP contribution in [0.4, 0.5) is 11.8 Å². The summed E-state index contributed by atoms with van der Waals surface area (Å²) in [7, 11) is 0. The summed E-state index contributed by atoms with van der Waals surface area (Å²) < 4.78 is 5.36. The highest BCUT2D eigenvalue weighted by molar-refractivity contribution is 5.82. The third-order valence-corrected chi connectivity index (χ3v) is 3.23. The van der Waals surface area contributed by atoms with Gasteiger partial charge >= 0.3 is 0 Å². The first kappa shape index (κ1) is 13.0. The molecule has 0 radical (unpaired) electrons. The quantitative estimate of drug-likeness (QED) is 0.352. The molecule has 0 spiro atoms. The lowest BCUT2D eigenvalue weighted by Crippen LogP contribution is -2.32. The summed E-state index contributed by atoms with van der Waals surface area (Å²) in [5, 5.41) is 28.7. The van der Waals surface area contributed by atoms with E-state index in [1.54, 1.807) is 0 Å². The Balaban J connectivity index is 2.01. The van der Waals surface area contributed by atoms with Crippen LogP contribution >= 0.6 is 0 Å². The fourth-order valence-corrected chi connectivity index (χ4v) is 2.21. The second-order valence-corrected chi connectivity index (χ2v) is 4.55. The fourth-order valence-electron chi connectivity index (χ4n) is 2.21. The molecule has 10 nitrogen and oxygen atoms in total. The van der Waals surface area contributed by atoms with Crippen molar-refractivity contribution >= 4 is 22.9 Å². The average molecular weight is 282 g/mol. The van der Waals surface area contributed by atoms with E-state index in [1.807, 2.05) is 0 Å². The molecule has 0 saturated carbocycles. The number of imidazole rings is 1. The number of nitrogen functional groups attached to an aromatic ring is 2. The molecule has 0 bridgehead atoms. The van der Waals surface area contributed by atoms with Crippen molar-refractivity contribution < 1.29 is 20.1 Å². The molecule has 2 aromatic heterocycles. The summed E-state index contributed by atoms with van der Waals surface area (Å²) >= 11 is 0. The maximum Gasteiger partial charge on any atom is 0.224 e. The summed E-state index contributed by atoms with van der Waals surface area (Å²) in [5.74, 6) is 0.335. The highest BCUT2D eigenvalue weighted by Gasteiger charge is 2.44. The van der Waals surface area contributed by atoms with Gasteiger partial charge in [0.05, 0.1) is 6.61 Å². The molecule has 3 heterocycles. The summed E-state index contributed by atoms with van der Waals surface area (Å²) in [6, 6.07) is 0. The van der Waals surface area contributed by atoms with Crippen molar-refractivity contribution in [2.75, 3.05) is 18.1 Å². The number of nitrogens with one attached hydrogen (secondary N) is 1. The Kier molecular flexibility index (Phi) is 2.94. The lowest BCUT2D eigenvalue weighted by atomic mass is 10.1. The van der Waals surface area contributed by atoms with Gasteiger partial charge in [0.2, 0.25) is 5.95 Å². The van der Waals surface area contributed by atoms with Crippen LogP contribution in [0.15, 0.2) is 0 Å². The Bertz CT molecular complexity index is 646. The van der Waals surface area contributed by atoms with Gasteiger partial charge in [0.25, 0.3) is 0 Å². The number of rotatable bonds is 2. The molecule has 1 aliphatic heterocycles. The van der Waals surface area contributed by atoms with Crippen molar-refractivity contribution in [1.29, 1.82) is 0 Å². The van der Waals surface area contributed by atoms with E-state index < -0.39 is 31.0 Å². The Morgan fingerprint density at radius 2 is 1.90 bits per heavy atom. The molecule has 108 valence electrons. The zero-order valence-corrected chi connectivity index (χ0v) is 10.3. The molecule has 0 aromatic carbocycles. The van der Waals surface area contributed by atoms with Crippen molar-refractivity contribution in [1.82, 2.24) is 19.9 Å². The zero-order valence-electron chi connectivity index (χ0n) is 10.3. The molecule has 2 aromatic rings. The zero-order chi connectivity index (χ0) is 14.4. The average Bonchev–Trinajstić information content (AvgIpc) is 2.93. The van der Waals surface area contributed by atoms with Crippen LogP contribution in [0.2, 0.25) is 0 Å². The Morgan fingerprint density at radius 3 is 2.55 bits per heavy atom. The number of aromatic nitrogens is 4. The summed E-state index contributed by atoms with van der Waals surface area (Å²) in [4.78, 5) is 14.7. The van der Waals surface area contributed by atoms with Gasteiger partial charge in [-0.3, -0.25) is 0 Å². The SMILES string of the molecule is Nc1nc(N)c2[nH]c([C@@H]3O[C@H](CO)[C@@H](O)[C@H]3O)nc2n1. The molecule has 4 atom stereocenters. The number of hydrogen-bond acceptors (Lipinski definition) is 9. The minimum Gasteiger partial charge on any atom is -0.394 e. The van der Waals surface area contributed by atoms with Gasteiger partial charge in [0, 0.05) is 0 Å². The first-order valence-corrected chi connectivity index (χ1v) is 5.92. The lowest BCUT2D eigenvalue weighted by Gasteiger charge is -2.11. The number of anilines is 2. The van der Waals surface area contributed by atoms with Gasteiger partial charge < -0.3 is 36.5 Å². The predicted octanol–water partition coefficient (Wildman–Crippen LogP) is -2.33. The van der Waals surface area contributed by atoms with Gasteiger partial charge in [-0.05, 0) is 0 Å². The third-order valence-electron chi connectivity index (χ3n) is 3.23. The number of ether oxygens (including phenoxy) is 1.